The Kier molecular flexibility index (Phi) is 8.52. The van der Waals surface area contributed by atoms with Crippen LogP contribution < -0.4 is 10.1 Å². The van der Waals surface area contributed by atoms with Crippen LogP contribution in [0.25, 0.3) is 0 Å². The van der Waals surface area contributed by atoms with Gasteiger partial charge in [0.25, 0.3) is 0 Å². The molecule has 2 fully saturated rings. The molecule has 2 aliphatic heterocycles. The first-order valence-corrected chi connectivity index (χ1v) is 11.7. The number of hydrogen-bond donors (Lipinski definition) is 1. The van der Waals surface area contributed by atoms with E-state index in [1.165, 1.54) is 0 Å². The first-order valence-electron chi connectivity index (χ1n) is 11.7. The molecule has 0 aliphatic carbocycles. The zero-order chi connectivity index (χ0) is 22.9. The zero-order valence-corrected chi connectivity index (χ0v) is 19.7. The van der Waals surface area contributed by atoms with E-state index in [-0.39, 0.29) is 6.10 Å². The highest BCUT2D eigenvalue weighted by Crippen LogP contribution is 2.20. The lowest BCUT2D eigenvalue weighted by Gasteiger charge is -2.39. The molecule has 8 heteroatoms. The summed E-state index contributed by atoms with van der Waals surface area (Å²) >= 11 is 0. The summed E-state index contributed by atoms with van der Waals surface area (Å²) in [6.45, 7) is 9.21. The van der Waals surface area contributed by atoms with E-state index in [0.29, 0.717) is 39.0 Å². The van der Waals surface area contributed by atoms with Crippen molar-refractivity contribution in [1.29, 1.82) is 0 Å². The third-order valence-electron chi connectivity index (χ3n) is 6.22. The fourth-order valence-electron chi connectivity index (χ4n) is 4.16. The summed E-state index contributed by atoms with van der Waals surface area (Å²) < 4.78 is 16.6. The maximum Gasteiger partial charge on any atom is 0.194 e. The number of aliphatic imine (C=N–C) groups is 1. The Labute approximate surface area is 196 Å². The van der Waals surface area contributed by atoms with Gasteiger partial charge in [-0.3, -0.25) is 9.88 Å². The van der Waals surface area contributed by atoms with E-state index in [9.17, 15) is 0 Å². The number of methoxy groups -OCH3 is 1. The molecule has 0 bridgehead atoms. The number of ether oxygens (including phenoxy) is 3. The Balaban J connectivity index is 1.38. The molecule has 1 aromatic carbocycles. The molecule has 2 atom stereocenters. The van der Waals surface area contributed by atoms with Crippen molar-refractivity contribution >= 4 is 5.96 Å². The van der Waals surface area contributed by atoms with Crippen LogP contribution in [-0.2, 0) is 16.0 Å². The fraction of sp³-hybridized carbons (Fsp3) is 0.520. The van der Waals surface area contributed by atoms with Gasteiger partial charge in [-0.1, -0.05) is 18.2 Å². The largest absolute Gasteiger partial charge is 0.497 e. The molecule has 4 rings (SSSR count). The van der Waals surface area contributed by atoms with E-state index in [2.05, 4.69) is 51.3 Å². The first kappa shape index (κ1) is 23.5. The van der Waals surface area contributed by atoms with E-state index < -0.39 is 0 Å². The minimum atomic E-state index is 0.0513. The van der Waals surface area contributed by atoms with Gasteiger partial charge in [-0.05, 0) is 36.8 Å². The molecule has 2 aromatic rings. The van der Waals surface area contributed by atoms with Gasteiger partial charge in [-0.25, -0.2) is 4.99 Å². The molecule has 1 N–H and O–H groups in total. The van der Waals surface area contributed by atoms with Crippen molar-refractivity contribution in [3.63, 3.8) is 0 Å². The molecule has 8 nitrogen and oxygen atoms in total. The van der Waals surface area contributed by atoms with Gasteiger partial charge in [0, 0.05) is 45.0 Å². The standard InChI is InChI=1S/C25H35N5O3/c1-20(24-5-3-4-10-26-24)29-11-13-30(14-12-29)25(28-18-23-19-32-15-16-33-23)27-17-21-6-8-22(31-2)9-7-21/h3-10,20,23H,11-19H2,1-2H3,(H,27,28). The average Bonchev–Trinajstić information content (AvgIpc) is 2.90. The van der Waals surface area contributed by atoms with Crippen LogP contribution in [0.3, 0.4) is 0 Å². The van der Waals surface area contributed by atoms with E-state index in [0.717, 1.165) is 49.1 Å². The van der Waals surface area contributed by atoms with Crippen LogP contribution in [0.4, 0.5) is 0 Å². The molecule has 0 radical (unpaired) electrons. The second-order valence-corrected chi connectivity index (χ2v) is 8.39. The van der Waals surface area contributed by atoms with Crippen LogP contribution in [0.2, 0.25) is 0 Å². The number of benzene rings is 1. The summed E-state index contributed by atoms with van der Waals surface area (Å²) in [5, 5.41) is 3.54. The van der Waals surface area contributed by atoms with Crippen LogP contribution in [0.5, 0.6) is 5.75 Å². The highest BCUT2D eigenvalue weighted by Gasteiger charge is 2.25. The van der Waals surface area contributed by atoms with Gasteiger partial charge in [0.1, 0.15) is 5.75 Å². The van der Waals surface area contributed by atoms with Crippen LogP contribution in [0, 0.1) is 0 Å². The number of rotatable bonds is 7. The number of pyridine rings is 1. The second-order valence-electron chi connectivity index (χ2n) is 8.39. The summed E-state index contributed by atoms with van der Waals surface area (Å²) in [7, 11) is 1.68. The Morgan fingerprint density at radius 3 is 2.64 bits per heavy atom. The van der Waals surface area contributed by atoms with Crippen molar-refractivity contribution in [2.75, 3.05) is 59.7 Å². The minimum Gasteiger partial charge on any atom is -0.497 e. The Morgan fingerprint density at radius 2 is 1.97 bits per heavy atom. The Bertz CT molecular complexity index is 863. The maximum atomic E-state index is 5.81. The van der Waals surface area contributed by atoms with Gasteiger partial charge < -0.3 is 24.4 Å². The summed E-state index contributed by atoms with van der Waals surface area (Å²) in [4.78, 5) is 14.3. The molecule has 33 heavy (non-hydrogen) atoms. The minimum absolute atomic E-state index is 0.0513. The maximum absolute atomic E-state index is 5.81. The third kappa shape index (κ3) is 6.66. The molecule has 1 aromatic heterocycles. The predicted molar refractivity (Wildman–Crippen MR) is 128 cm³/mol. The number of hydrogen-bond acceptors (Lipinski definition) is 6. The van der Waals surface area contributed by atoms with Crippen molar-refractivity contribution in [2.45, 2.75) is 25.6 Å². The molecule has 2 unspecified atom stereocenters. The molecule has 3 heterocycles. The van der Waals surface area contributed by atoms with Crippen LogP contribution in [-0.4, -0.2) is 86.5 Å². The van der Waals surface area contributed by atoms with Crippen molar-refractivity contribution < 1.29 is 14.2 Å². The number of guanidine groups is 1. The molecular formula is C25H35N5O3. The summed E-state index contributed by atoms with van der Waals surface area (Å²) in [6.07, 6.45) is 1.92. The lowest BCUT2D eigenvalue weighted by atomic mass is 10.1. The summed E-state index contributed by atoms with van der Waals surface area (Å²) in [5.74, 6) is 1.78. The number of piperazine rings is 1. The Morgan fingerprint density at radius 1 is 1.15 bits per heavy atom. The van der Waals surface area contributed by atoms with E-state index in [1.54, 1.807) is 7.11 Å². The third-order valence-corrected chi connectivity index (χ3v) is 6.22. The van der Waals surface area contributed by atoms with Gasteiger partial charge >= 0.3 is 0 Å². The van der Waals surface area contributed by atoms with Gasteiger partial charge in [-0.2, -0.15) is 0 Å². The quantitative estimate of drug-likeness (QED) is 0.510. The number of nitrogens with zero attached hydrogens (tertiary/aromatic N) is 4. The topological polar surface area (TPSA) is 71.5 Å². The van der Waals surface area contributed by atoms with Crippen molar-refractivity contribution in [3.8, 4) is 5.75 Å². The van der Waals surface area contributed by atoms with Gasteiger partial charge in [0.15, 0.2) is 5.96 Å². The van der Waals surface area contributed by atoms with Gasteiger partial charge in [0.05, 0.1) is 45.3 Å². The number of nitrogens with one attached hydrogen (secondary N) is 1. The van der Waals surface area contributed by atoms with Crippen molar-refractivity contribution in [2.24, 2.45) is 4.99 Å². The second kappa shape index (κ2) is 12.0. The smallest absolute Gasteiger partial charge is 0.194 e. The zero-order valence-electron chi connectivity index (χ0n) is 19.7. The lowest BCUT2D eigenvalue weighted by molar-refractivity contribution is -0.0852. The molecule has 178 valence electrons. The van der Waals surface area contributed by atoms with E-state index >= 15 is 0 Å². The monoisotopic (exact) mass is 453 g/mol. The molecule has 2 aliphatic rings. The van der Waals surface area contributed by atoms with E-state index in [4.69, 9.17) is 19.2 Å². The summed E-state index contributed by atoms with van der Waals surface area (Å²) in [6, 6.07) is 14.5. The summed E-state index contributed by atoms with van der Waals surface area (Å²) in [5.41, 5.74) is 2.27. The first-order chi connectivity index (χ1) is 16.2. The SMILES string of the molecule is COc1ccc(CN=C(NCC2COCCO2)N2CCN(C(C)c3ccccn3)CC2)cc1. The predicted octanol–water partition coefficient (Wildman–Crippen LogP) is 2.33. The molecular weight excluding hydrogens is 418 g/mol. The highest BCUT2D eigenvalue weighted by molar-refractivity contribution is 5.80. The number of aromatic nitrogens is 1. The fourth-order valence-corrected chi connectivity index (χ4v) is 4.16. The van der Waals surface area contributed by atoms with Crippen LogP contribution in [0.15, 0.2) is 53.7 Å². The molecule has 0 amide bonds. The Hall–Kier alpha value is -2.68. The van der Waals surface area contributed by atoms with Crippen molar-refractivity contribution in [3.05, 3.63) is 59.9 Å². The molecule has 0 spiro atoms. The lowest BCUT2D eigenvalue weighted by Crippen LogP contribution is -2.54. The van der Waals surface area contributed by atoms with Crippen LogP contribution >= 0.6 is 0 Å². The van der Waals surface area contributed by atoms with Gasteiger partial charge in [-0.15, -0.1) is 0 Å². The highest BCUT2D eigenvalue weighted by atomic mass is 16.6. The van der Waals surface area contributed by atoms with Crippen molar-refractivity contribution in [1.82, 2.24) is 20.1 Å². The van der Waals surface area contributed by atoms with E-state index in [1.807, 2.05) is 24.4 Å². The van der Waals surface area contributed by atoms with Gasteiger partial charge in [0.2, 0.25) is 0 Å². The van der Waals surface area contributed by atoms with Crippen LogP contribution in [0.1, 0.15) is 24.2 Å². The normalized spacial score (nSPS) is 21.0. The molecule has 0 saturated carbocycles. The average molecular weight is 454 g/mol. The molecule has 2 saturated heterocycles.